The third-order valence-corrected chi connectivity index (χ3v) is 5.55. The highest BCUT2D eigenvalue weighted by Gasteiger charge is 2.23. The molecular weight excluding hydrogens is 384 g/mol. The molecular formula is C22H18N4O2S. The van der Waals surface area contributed by atoms with E-state index in [0.717, 1.165) is 22.7 Å². The largest absolute Gasteiger partial charge is 0.496 e. The number of nitriles is 1. The Kier molecular flexibility index (Phi) is 5.10. The third-order valence-electron chi connectivity index (χ3n) is 4.81. The van der Waals surface area contributed by atoms with E-state index >= 15 is 0 Å². The van der Waals surface area contributed by atoms with Gasteiger partial charge in [0.1, 0.15) is 23.0 Å². The molecule has 0 spiro atoms. The summed E-state index contributed by atoms with van der Waals surface area (Å²) in [7, 11) is 1.59. The van der Waals surface area contributed by atoms with Gasteiger partial charge in [0, 0.05) is 6.04 Å². The van der Waals surface area contributed by atoms with Crippen LogP contribution in [0, 0.1) is 11.3 Å². The average Bonchev–Trinajstić information content (AvgIpc) is 3.17. The van der Waals surface area contributed by atoms with Gasteiger partial charge in [-0.05, 0) is 42.6 Å². The number of ether oxygens (including phenoxy) is 1. The molecule has 0 saturated carbocycles. The van der Waals surface area contributed by atoms with Crippen LogP contribution in [0.1, 0.15) is 24.2 Å². The Morgan fingerprint density at radius 3 is 2.62 bits per heavy atom. The first-order chi connectivity index (χ1) is 14.1. The molecule has 2 aromatic carbocycles. The molecule has 6 nitrogen and oxygen atoms in total. The number of hydrogen-bond acceptors (Lipinski definition) is 6. The molecule has 4 rings (SSSR count). The van der Waals surface area contributed by atoms with Crippen LogP contribution >= 0.6 is 11.5 Å². The molecule has 4 aromatic rings. The Bertz CT molecular complexity index is 1270. The van der Waals surface area contributed by atoms with Gasteiger partial charge in [-0.2, -0.15) is 9.64 Å². The molecule has 0 saturated heterocycles. The normalized spacial score (nSPS) is 11.9. The second-order valence-corrected chi connectivity index (χ2v) is 7.42. The minimum Gasteiger partial charge on any atom is -0.496 e. The Hall–Kier alpha value is -3.50. The SMILES string of the molecule is COc1ccccc1-c1nc2snc(C#N)c2c(=O)n1C(C)Cc1ccccc1. The molecule has 2 aromatic heterocycles. The van der Waals surface area contributed by atoms with Crippen LogP contribution in [0.2, 0.25) is 0 Å². The first-order valence-corrected chi connectivity index (χ1v) is 9.90. The summed E-state index contributed by atoms with van der Waals surface area (Å²) in [6.07, 6.45) is 0.648. The van der Waals surface area contributed by atoms with Crippen LogP contribution in [-0.4, -0.2) is 21.0 Å². The topological polar surface area (TPSA) is 80.8 Å². The van der Waals surface area contributed by atoms with Crippen LogP contribution < -0.4 is 10.3 Å². The molecule has 7 heteroatoms. The fraction of sp³-hybridized carbons (Fsp3) is 0.182. The van der Waals surface area contributed by atoms with Gasteiger partial charge in [-0.3, -0.25) is 9.36 Å². The van der Waals surface area contributed by atoms with Gasteiger partial charge in [0.2, 0.25) is 0 Å². The first kappa shape index (κ1) is 18.8. The van der Waals surface area contributed by atoms with Crippen molar-refractivity contribution in [1.29, 1.82) is 5.26 Å². The summed E-state index contributed by atoms with van der Waals surface area (Å²) in [5, 5.41) is 9.65. The van der Waals surface area contributed by atoms with Crippen LogP contribution in [0.5, 0.6) is 5.75 Å². The molecule has 0 aliphatic rings. The maximum absolute atomic E-state index is 13.5. The molecule has 2 heterocycles. The molecule has 1 atom stereocenters. The molecule has 0 fully saturated rings. The van der Waals surface area contributed by atoms with Gasteiger partial charge in [0.25, 0.3) is 5.56 Å². The minimum atomic E-state index is -0.260. The van der Waals surface area contributed by atoms with Gasteiger partial charge in [-0.1, -0.05) is 42.5 Å². The lowest BCUT2D eigenvalue weighted by atomic mass is 10.1. The molecule has 0 aliphatic heterocycles. The molecule has 0 radical (unpaired) electrons. The van der Waals surface area contributed by atoms with E-state index in [4.69, 9.17) is 9.72 Å². The molecule has 0 N–H and O–H groups in total. The molecule has 29 heavy (non-hydrogen) atoms. The van der Waals surface area contributed by atoms with Crippen molar-refractivity contribution in [1.82, 2.24) is 13.9 Å². The smallest absolute Gasteiger partial charge is 0.265 e. The Labute approximate surface area is 171 Å². The Morgan fingerprint density at radius 1 is 1.17 bits per heavy atom. The van der Waals surface area contributed by atoms with Gasteiger partial charge in [-0.15, -0.1) is 0 Å². The summed E-state index contributed by atoms with van der Waals surface area (Å²) in [5.74, 6) is 1.14. The lowest BCUT2D eigenvalue weighted by Crippen LogP contribution is -2.27. The van der Waals surface area contributed by atoms with E-state index in [1.807, 2.05) is 67.6 Å². The van der Waals surface area contributed by atoms with Crippen molar-refractivity contribution >= 4 is 21.7 Å². The van der Waals surface area contributed by atoms with Crippen molar-refractivity contribution in [2.45, 2.75) is 19.4 Å². The van der Waals surface area contributed by atoms with E-state index in [0.29, 0.717) is 22.8 Å². The van der Waals surface area contributed by atoms with Crippen LogP contribution in [0.25, 0.3) is 21.6 Å². The Balaban J connectivity index is 1.98. The minimum absolute atomic E-state index is 0.120. The second-order valence-electron chi connectivity index (χ2n) is 6.67. The summed E-state index contributed by atoms with van der Waals surface area (Å²) in [5.41, 5.74) is 1.70. The van der Waals surface area contributed by atoms with Gasteiger partial charge in [0.05, 0.1) is 12.7 Å². The van der Waals surface area contributed by atoms with E-state index < -0.39 is 0 Å². The standard InChI is InChI=1S/C22H18N4O2S/c1-14(12-15-8-4-3-5-9-15)26-20(16-10-6-7-11-18(16)28-2)24-21-19(22(26)27)17(13-23)25-29-21/h3-11,14H,12H2,1-2H3. The summed E-state index contributed by atoms with van der Waals surface area (Å²) in [6.45, 7) is 1.98. The lowest BCUT2D eigenvalue weighted by molar-refractivity contribution is 0.415. The number of para-hydroxylation sites is 1. The van der Waals surface area contributed by atoms with Crippen molar-refractivity contribution in [2.75, 3.05) is 7.11 Å². The zero-order chi connectivity index (χ0) is 20.4. The number of hydrogen-bond donors (Lipinski definition) is 0. The summed E-state index contributed by atoms with van der Waals surface area (Å²) in [4.78, 5) is 18.7. The quantitative estimate of drug-likeness (QED) is 0.500. The van der Waals surface area contributed by atoms with E-state index in [9.17, 15) is 10.1 Å². The Morgan fingerprint density at radius 2 is 1.90 bits per heavy atom. The van der Waals surface area contributed by atoms with Crippen molar-refractivity contribution in [3.63, 3.8) is 0 Å². The fourth-order valence-corrected chi connectivity index (χ4v) is 4.18. The van der Waals surface area contributed by atoms with Crippen molar-refractivity contribution < 1.29 is 4.74 Å². The van der Waals surface area contributed by atoms with E-state index in [1.165, 1.54) is 0 Å². The third kappa shape index (κ3) is 3.39. The molecule has 1 unspecified atom stereocenters. The fourth-order valence-electron chi connectivity index (χ4n) is 3.47. The molecule has 0 aliphatic carbocycles. The maximum atomic E-state index is 13.5. The number of benzene rings is 2. The van der Waals surface area contributed by atoms with E-state index in [2.05, 4.69) is 4.37 Å². The summed E-state index contributed by atoms with van der Waals surface area (Å²) in [6, 6.07) is 19.3. The monoisotopic (exact) mass is 402 g/mol. The number of methoxy groups -OCH3 is 1. The van der Waals surface area contributed by atoms with Gasteiger partial charge >= 0.3 is 0 Å². The van der Waals surface area contributed by atoms with Crippen molar-refractivity contribution in [2.24, 2.45) is 0 Å². The van der Waals surface area contributed by atoms with E-state index in [1.54, 1.807) is 11.7 Å². The summed E-state index contributed by atoms with van der Waals surface area (Å²) < 4.78 is 11.3. The first-order valence-electron chi connectivity index (χ1n) is 9.13. The van der Waals surface area contributed by atoms with Crippen LogP contribution in [0.15, 0.2) is 59.4 Å². The zero-order valence-corrected chi connectivity index (χ0v) is 16.8. The zero-order valence-electron chi connectivity index (χ0n) is 16.0. The average molecular weight is 402 g/mol. The van der Waals surface area contributed by atoms with Gasteiger partial charge in [0.15, 0.2) is 10.5 Å². The number of rotatable bonds is 5. The maximum Gasteiger partial charge on any atom is 0.265 e. The number of nitrogens with zero attached hydrogens (tertiary/aromatic N) is 4. The van der Waals surface area contributed by atoms with Crippen LogP contribution in [0.4, 0.5) is 0 Å². The molecule has 0 amide bonds. The highest BCUT2D eigenvalue weighted by Crippen LogP contribution is 2.31. The molecule has 144 valence electrons. The van der Waals surface area contributed by atoms with Gasteiger partial charge < -0.3 is 4.74 Å². The van der Waals surface area contributed by atoms with Crippen molar-refractivity contribution in [3.05, 3.63) is 76.2 Å². The highest BCUT2D eigenvalue weighted by molar-refractivity contribution is 7.13. The van der Waals surface area contributed by atoms with Gasteiger partial charge in [-0.25, -0.2) is 4.98 Å². The lowest BCUT2D eigenvalue weighted by Gasteiger charge is -2.20. The number of aromatic nitrogens is 3. The second kappa shape index (κ2) is 7.86. The highest BCUT2D eigenvalue weighted by atomic mass is 32.1. The molecule has 0 bridgehead atoms. The predicted molar refractivity (Wildman–Crippen MR) is 113 cm³/mol. The van der Waals surface area contributed by atoms with Crippen molar-refractivity contribution in [3.8, 4) is 23.2 Å². The van der Waals surface area contributed by atoms with Crippen LogP contribution in [0.3, 0.4) is 0 Å². The summed E-state index contributed by atoms with van der Waals surface area (Å²) >= 11 is 1.06. The van der Waals surface area contributed by atoms with Crippen LogP contribution in [-0.2, 0) is 6.42 Å². The van der Waals surface area contributed by atoms with E-state index in [-0.39, 0.29) is 22.7 Å². The predicted octanol–water partition coefficient (Wildman–Crippen LogP) is 4.20. The number of fused-ring (bicyclic) bond motifs is 1.